The molecule has 142 valence electrons. The Kier molecular flexibility index (Phi) is 5.79. The Labute approximate surface area is 157 Å². The summed E-state index contributed by atoms with van der Waals surface area (Å²) in [5.74, 6) is -1.23. The van der Waals surface area contributed by atoms with Crippen molar-refractivity contribution in [2.45, 2.75) is 26.8 Å². The van der Waals surface area contributed by atoms with E-state index >= 15 is 0 Å². The first-order chi connectivity index (χ1) is 12.7. The third-order valence-electron chi connectivity index (χ3n) is 4.62. The smallest absolute Gasteiger partial charge is 0.252 e. The predicted octanol–water partition coefficient (Wildman–Crippen LogP) is 1.09. The van der Waals surface area contributed by atoms with E-state index in [1.165, 1.54) is 0 Å². The summed E-state index contributed by atoms with van der Waals surface area (Å²) in [6.45, 7) is 5.12. The molecule has 0 saturated carbocycles. The highest BCUT2D eigenvalue weighted by molar-refractivity contribution is 6.27. The summed E-state index contributed by atoms with van der Waals surface area (Å²) < 4.78 is 0. The molecule has 27 heavy (non-hydrogen) atoms. The van der Waals surface area contributed by atoms with Gasteiger partial charge in [0.1, 0.15) is 0 Å². The van der Waals surface area contributed by atoms with Crippen LogP contribution in [0.3, 0.4) is 0 Å². The van der Waals surface area contributed by atoms with E-state index in [-0.39, 0.29) is 11.3 Å². The topological polar surface area (TPSA) is 153 Å². The van der Waals surface area contributed by atoms with Gasteiger partial charge in [0, 0.05) is 35.9 Å². The molecular weight excluding hydrogens is 344 g/mol. The molecule has 8 heteroatoms. The zero-order chi connectivity index (χ0) is 20.2. The van der Waals surface area contributed by atoms with Gasteiger partial charge in [0.25, 0.3) is 5.91 Å². The molecule has 2 rings (SSSR count). The van der Waals surface area contributed by atoms with E-state index in [1.807, 2.05) is 18.2 Å². The van der Waals surface area contributed by atoms with Crippen LogP contribution in [0.15, 0.2) is 53.6 Å². The predicted molar refractivity (Wildman–Crippen MR) is 104 cm³/mol. The minimum absolute atomic E-state index is 0.0432. The number of nitrogens with zero attached hydrogens (tertiary/aromatic N) is 2. The van der Waals surface area contributed by atoms with Crippen molar-refractivity contribution >= 4 is 17.5 Å². The van der Waals surface area contributed by atoms with E-state index < -0.39 is 23.3 Å². The number of H-pyrrole nitrogens is 1. The molecule has 0 aromatic carbocycles. The van der Waals surface area contributed by atoms with Gasteiger partial charge in [0.05, 0.1) is 28.4 Å². The summed E-state index contributed by atoms with van der Waals surface area (Å²) in [5, 5.41) is 0. The number of hydrogen-bond donors (Lipinski definition) is 4. The maximum atomic E-state index is 11.9. The molecule has 0 fully saturated rings. The largest absolute Gasteiger partial charge is 0.404 e. The van der Waals surface area contributed by atoms with Gasteiger partial charge in [0.2, 0.25) is 5.91 Å². The maximum absolute atomic E-state index is 11.9. The molecule has 7 N–H and O–H groups in total. The van der Waals surface area contributed by atoms with Gasteiger partial charge in [0.15, 0.2) is 0 Å². The van der Waals surface area contributed by atoms with Gasteiger partial charge in [-0.25, -0.2) is 0 Å². The zero-order valence-electron chi connectivity index (χ0n) is 15.6. The molecule has 0 aliphatic heterocycles. The van der Waals surface area contributed by atoms with Gasteiger partial charge in [-0.2, -0.15) is 0 Å². The fourth-order valence-corrected chi connectivity index (χ4v) is 2.35. The van der Waals surface area contributed by atoms with E-state index in [4.69, 9.17) is 17.2 Å². The molecule has 0 saturated heterocycles. The van der Waals surface area contributed by atoms with E-state index in [0.717, 1.165) is 17.3 Å². The lowest BCUT2D eigenvalue weighted by molar-refractivity contribution is -0.126. The van der Waals surface area contributed by atoms with Crippen LogP contribution in [0.25, 0.3) is 11.1 Å². The number of amides is 2. The van der Waals surface area contributed by atoms with Gasteiger partial charge in [-0.05, 0) is 32.9 Å². The van der Waals surface area contributed by atoms with Gasteiger partial charge < -0.3 is 22.2 Å². The maximum Gasteiger partial charge on any atom is 0.252 e. The van der Waals surface area contributed by atoms with Crippen LogP contribution in [0.2, 0.25) is 0 Å². The monoisotopic (exact) mass is 368 g/mol. The molecule has 0 bridgehead atoms. The van der Waals surface area contributed by atoms with Crippen LogP contribution in [0.4, 0.5) is 0 Å². The molecular formula is C19H24N6O2. The summed E-state index contributed by atoms with van der Waals surface area (Å²) >= 11 is 0. The highest BCUT2D eigenvalue weighted by Crippen LogP contribution is 2.26. The Morgan fingerprint density at radius 3 is 2.52 bits per heavy atom. The number of nitrogens with one attached hydrogen (secondary N) is 1. The van der Waals surface area contributed by atoms with Crippen molar-refractivity contribution in [1.29, 1.82) is 0 Å². The first-order valence-electron chi connectivity index (χ1n) is 8.37. The Hall–Kier alpha value is -3.42. The third-order valence-corrected chi connectivity index (χ3v) is 4.62. The number of aromatic amines is 1. The Morgan fingerprint density at radius 2 is 2.00 bits per heavy atom. The van der Waals surface area contributed by atoms with Crippen molar-refractivity contribution in [2.24, 2.45) is 27.6 Å². The molecule has 2 aromatic rings. The van der Waals surface area contributed by atoms with Crippen molar-refractivity contribution in [3.8, 4) is 11.1 Å². The lowest BCUT2D eigenvalue weighted by atomic mass is 9.85. The van der Waals surface area contributed by atoms with Crippen LogP contribution in [0, 0.1) is 5.41 Å². The van der Waals surface area contributed by atoms with E-state index in [9.17, 15) is 9.59 Å². The molecule has 2 heterocycles. The third kappa shape index (κ3) is 4.22. The number of carbonyl (C=O) groups is 2. The first kappa shape index (κ1) is 19.9. The standard InChI is InChI=1S/C19H24N6O2/c1-11(19(2,3)18(22)27)25-16(14(8-20)17(21)26)15-7-13(10-24-15)12-5-4-6-23-9-12/h4-11,24H,20H2,1-3H3,(H2,21,26)(H2,22,27). The quantitative estimate of drug-likeness (QED) is 0.427. The molecule has 1 atom stereocenters. The van der Waals surface area contributed by atoms with Crippen molar-refractivity contribution in [3.05, 3.63) is 54.3 Å². The molecule has 0 aliphatic rings. The van der Waals surface area contributed by atoms with Crippen LogP contribution in [-0.2, 0) is 9.59 Å². The molecule has 1 unspecified atom stereocenters. The summed E-state index contributed by atoms with van der Waals surface area (Å²) in [7, 11) is 0. The summed E-state index contributed by atoms with van der Waals surface area (Å²) in [6, 6.07) is 5.02. The molecule has 0 aliphatic carbocycles. The molecule has 2 aromatic heterocycles. The van der Waals surface area contributed by atoms with Crippen molar-refractivity contribution in [2.75, 3.05) is 0 Å². The SMILES string of the molecule is CC(N=C(C(=CN)C(N)=O)c1cc(-c2cccnc2)c[nH]1)C(C)(C)C(N)=O. The molecule has 0 radical (unpaired) electrons. The number of pyridine rings is 1. The fourth-order valence-electron chi connectivity index (χ4n) is 2.35. The second-order valence-electron chi connectivity index (χ2n) is 6.73. The number of aliphatic imine (C=N–C) groups is 1. The minimum Gasteiger partial charge on any atom is -0.404 e. The van der Waals surface area contributed by atoms with Crippen LogP contribution < -0.4 is 17.2 Å². The normalized spacial score (nSPS) is 14.0. The summed E-state index contributed by atoms with van der Waals surface area (Å²) in [6.07, 6.45) is 6.27. The number of aromatic nitrogens is 2. The van der Waals surface area contributed by atoms with Crippen LogP contribution in [0.5, 0.6) is 0 Å². The second-order valence-corrected chi connectivity index (χ2v) is 6.73. The highest BCUT2D eigenvalue weighted by atomic mass is 16.1. The zero-order valence-corrected chi connectivity index (χ0v) is 15.6. The number of hydrogen-bond acceptors (Lipinski definition) is 5. The highest BCUT2D eigenvalue weighted by Gasteiger charge is 2.33. The van der Waals surface area contributed by atoms with Gasteiger partial charge in [-0.1, -0.05) is 6.07 Å². The fraction of sp³-hybridized carbons (Fsp3) is 0.263. The number of nitrogens with two attached hydrogens (primary N) is 3. The average Bonchev–Trinajstić information content (AvgIpc) is 3.11. The van der Waals surface area contributed by atoms with Crippen molar-refractivity contribution in [3.63, 3.8) is 0 Å². The van der Waals surface area contributed by atoms with E-state index in [0.29, 0.717) is 5.69 Å². The summed E-state index contributed by atoms with van der Waals surface area (Å²) in [5.41, 5.74) is 18.2. The average molecular weight is 368 g/mol. The van der Waals surface area contributed by atoms with Crippen molar-refractivity contribution in [1.82, 2.24) is 9.97 Å². The van der Waals surface area contributed by atoms with E-state index in [2.05, 4.69) is 15.0 Å². The van der Waals surface area contributed by atoms with Crippen molar-refractivity contribution < 1.29 is 9.59 Å². The molecule has 0 spiro atoms. The molecule has 2 amide bonds. The summed E-state index contributed by atoms with van der Waals surface area (Å²) in [4.78, 5) is 35.3. The Morgan fingerprint density at radius 1 is 1.30 bits per heavy atom. The Balaban J connectivity index is 2.55. The number of primary amides is 2. The van der Waals surface area contributed by atoms with Crippen LogP contribution >= 0.6 is 0 Å². The second kappa shape index (κ2) is 7.86. The van der Waals surface area contributed by atoms with Gasteiger partial charge >= 0.3 is 0 Å². The number of carbonyl (C=O) groups excluding carboxylic acids is 2. The molecule has 8 nitrogen and oxygen atoms in total. The van der Waals surface area contributed by atoms with Crippen LogP contribution in [-0.4, -0.2) is 33.5 Å². The number of rotatable bonds is 7. The van der Waals surface area contributed by atoms with Gasteiger partial charge in [-0.3, -0.25) is 19.6 Å². The van der Waals surface area contributed by atoms with Gasteiger partial charge in [-0.15, -0.1) is 0 Å². The van der Waals surface area contributed by atoms with E-state index in [1.54, 1.807) is 39.4 Å². The lowest BCUT2D eigenvalue weighted by Crippen LogP contribution is -2.40. The Bertz CT molecular complexity index is 896. The minimum atomic E-state index is -0.929. The lowest BCUT2D eigenvalue weighted by Gasteiger charge is -2.26. The van der Waals surface area contributed by atoms with Crippen LogP contribution in [0.1, 0.15) is 26.5 Å². The first-order valence-corrected chi connectivity index (χ1v) is 8.37.